The molecule has 6 heteroatoms. The van der Waals surface area contributed by atoms with Gasteiger partial charge in [0.15, 0.2) is 5.76 Å². The second-order valence-corrected chi connectivity index (χ2v) is 7.48. The Labute approximate surface area is 177 Å². The summed E-state index contributed by atoms with van der Waals surface area (Å²) < 4.78 is 11.2. The fourth-order valence-electron chi connectivity index (χ4n) is 3.60. The van der Waals surface area contributed by atoms with Crippen LogP contribution in [0, 0.1) is 0 Å². The van der Waals surface area contributed by atoms with Crippen molar-refractivity contribution in [1.82, 2.24) is 10.2 Å². The lowest BCUT2D eigenvalue weighted by atomic mass is 10.1. The number of benzene rings is 2. The molecule has 1 saturated heterocycles. The van der Waals surface area contributed by atoms with E-state index in [-0.39, 0.29) is 12.5 Å². The molecule has 4 rings (SSSR count). The zero-order chi connectivity index (χ0) is 20.8. The van der Waals surface area contributed by atoms with Gasteiger partial charge >= 0.3 is 0 Å². The second-order valence-electron chi connectivity index (χ2n) is 7.48. The molecule has 156 valence electrons. The number of furan rings is 1. The summed E-state index contributed by atoms with van der Waals surface area (Å²) in [5.74, 6) is 0.814. The van der Waals surface area contributed by atoms with Crippen LogP contribution in [0.15, 0.2) is 71.3 Å². The fraction of sp³-hybridized carbons (Fsp3) is 0.292. The number of amides is 1. The highest BCUT2D eigenvalue weighted by molar-refractivity contribution is 5.92. The molecule has 0 bridgehead atoms. The van der Waals surface area contributed by atoms with Crippen LogP contribution in [0.5, 0.6) is 5.75 Å². The molecule has 1 aliphatic rings. The van der Waals surface area contributed by atoms with Crippen LogP contribution in [0.4, 0.5) is 5.69 Å². The molecule has 0 saturated carbocycles. The number of nitrogens with zero attached hydrogens (tertiary/aromatic N) is 2. The molecule has 0 atom stereocenters. The van der Waals surface area contributed by atoms with Crippen molar-refractivity contribution in [1.29, 1.82) is 0 Å². The van der Waals surface area contributed by atoms with Gasteiger partial charge in [-0.3, -0.25) is 4.79 Å². The summed E-state index contributed by atoms with van der Waals surface area (Å²) in [7, 11) is 2.14. The topological polar surface area (TPSA) is 58.0 Å². The Morgan fingerprint density at radius 1 is 0.967 bits per heavy atom. The minimum absolute atomic E-state index is 0.236. The summed E-state index contributed by atoms with van der Waals surface area (Å²) in [6, 6.07) is 19.5. The largest absolute Gasteiger partial charge is 0.489 e. The fourth-order valence-corrected chi connectivity index (χ4v) is 3.60. The number of anilines is 1. The SMILES string of the molecule is CN1CCN(c2ccccc2CNC(=O)c2occc2COc2ccccc2)CC1. The highest BCUT2D eigenvalue weighted by atomic mass is 16.5. The predicted octanol–water partition coefficient (Wildman–Crippen LogP) is 3.54. The molecule has 2 aromatic carbocycles. The van der Waals surface area contributed by atoms with Crippen LogP contribution in [-0.4, -0.2) is 44.0 Å². The first-order chi connectivity index (χ1) is 14.7. The molecule has 0 spiro atoms. The average molecular weight is 405 g/mol. The van der Waals surface area contributed by atoms with E-state index in [2.05, 4.69) is 34.3 Å². The minimum Gasteiger partial charge on any atom is -0.489 e. The van der Waals surface area contributed by atoms with Crippen molar-refractivity contribution in [3.8, 4) is 5.75 Å². The molecule has 1 N–H and O–H groups in total. The highest BCUT2D eigenvalue weighted by Gasteiger charge is 2.19. The van der Waals surface area contributed by atoms with E-state index >= 15 is 0 Å². The third-order valence-corrected chi connectivity index (χ3v) is 5.37. The number of para-hydroxylation sites is 2. The lowest BCUT2D eigenvalue weighted by molar-refractivity contribution is 0.0919. The summed E-state index contributed by atoms with van der Waals surface area (Å²) in [6.45, 7) is 4.78. The summed E-state index contributed by atoms with van der Waals surface area (Å²) in [4.78, 5) is 17.5. The third kappa shape index (κ3) is 4.83. The van der Waals surface area contributed by atoms with Gasteiger partial charge in [-0.1, -0.05) is 36.4 Å². The van der Waals surface area contributed by atoms with Gasteiger partial charge in [0, 0.05) is 44.0 Å². The molecule has 3 aromatic rings. The Kier molecular flexibility index (Phi) is 6.35. The van der Waals surface area contributed by atoms with Gasteiger partial charge in [-0.05, 0) is 36.9 Å². The molecule has 0 unspecified atom stereocenters. The number of piperazine rings is 1. The minimum atomic E-state index is -0.236. The standard InChI is InChI=1S/C24H27N3O3/c1-26-12-14-27(15-13-26)22-10-6-5-7-19(22)17-25-24(28)23-20(11-16-29-23)18-30-21-8-3-2-4-9-21/h2-11,16H,12-15,17-18H2,1H3,(H,25,28). The number of likely N-dealkylation sites (N-methyl/N-ethyl adjacent to an activating group) is 1. The van der Waals surface area contributed by atoms with Crippen LogP contribution < -0.4 is 15.0 Å². The molecular weight excluding hydrogens is 378 g/mol. The maximum Gasteiger partial charge on any atom is 0.287 e. The average Bonchev–Trinajstić information content (AvgIpc) is 3.26. The van der Waals surface area contributed by atoms with Crippen LogP contribution >= 0.6 is 0 Å². The monoisotopic (exact) mass is 405 g/mol. The summed E-state index contributed by atoms with van der Waals surface area (Å²) >= 11 is 0. The number of rotatable bonds is 7. The van der Waals surface area contributed by atoms with Crippen molar-refractivity contribution in [3.05, 3.63) is 83.8 Å². The van der Waals surface area contributed by atoms with E-state index in [1.807, 2.05) is 42.5 Å². The van der Waals surface area contributed by atoms with Gasteiger partial charge in [0.1, 0.15) is 12.4 Å². The number of hydrogen-bond acceptors (Lipinski definition) is 5. The highest BCUT2D eigenvalue weighted by Crippen LogP contribution is 2.22. The number of ether oxygens (including phenoxy) is 1. The van der Waals surface area contributed by atoms with Gasteiger partial charge in [-0.2, -0.15) is 0 Å². The summed E-state index contributed by atoms with van der Waals surface area (Å²) in [6.07, 6.45) is 1.52. The predicted molar refractivity (Wildman–Crippen MR) is 117 cm³/mol. The van der Waals surface area contributed by atoms with Gasteiger partial charge in [0.2, 0.25) is 0 Å². The first-order valence-electron chi connectivity index (χ1n) is 10.2. The Morgan fingerprint density at radius 3 is 2.50 bits per heavy atom. The quantitative estimate of drug-likeness (QED) is 0.652. The molecular formula is C24H27N3O3. The van der Waals surface area contributed by atoms with E-state index in [0.717, 1.165) is 43.1 Å². The third-order valence-electron chi connectivity index (χ3n) is 5.37. The van der Waals surface area contributed by atoms with Crippen LogP contribution in [0.3, 0.4) is 0 Å². The van der Waals surface area contributed by atoms with Crippen LogP contribution in [0.1, 0.15) is 21.7 Å². The van der Waals surface area contributed by atoms with Crippen molar-refractivity contribution in [2.45, 2.75) is 13.2 Å². The second kappa shape index (κ2) is 9.50. The Bertz CT molecular complexity index is 963. The van der Waals surface area contributed by atoms with Gasteiger partial charge in [0.25, 0.3) is 5.91 Å². The number of carbonyl (C=O) groups is 1. The van der Waals surface area contributed by atoms with Crippen molar-refractivity contribution in [3.63, 3.8) is 0 Å². The molecule has 30 heavy (non-hydrogen) atoms. The Balaban J connectivity index is 1.38. The van der Waals surface area contributed by atoms with Crippen LogP contribution in [-0.2, 0) is 13.2 Å². The van der Waals surface area contributed by atoms with E-state index in [0.29, 0.717) is 12.3 Å². The van der Waals surface area contributed by atoms with E-state index in [1.54, 1.807) is 6.07 Å². The van der Waals surface area contributed by atoms with E-state index < -0.39 is 0 Å². The van der Waals surface area contributed by atoms with Gasteiger partial charge in [0.05, 0.1) is 6.26 Å². The van der Waals surface area contributed by atoms with E-state index in [1.165, 1.54) is 12.0 Å². The van der Waals surface area contributed by atoms with Crippen molar-refractivity contribution in [2.75, 3.05) is 38.1 Å². The molecule has 6 nitrogen and oxygen atoms in total. The Morgan fingerprint density at radius 2 is 1.70 bits per heavy atom. The van der Waals surface area contributed by atoms with Crippen molar-refractivity contribution in [2.24, 2.45) is 0 Å². The zero-order valence-electron chi connectivity index (χ0n) is 17.2. The molecule has 0 radical (unpaired) electrons. The first-order valence-corrected chi connectivity index (χ1v) is 10.2. The van der Waals surface area contributed by atoms with E-state index in [4.69, 9.17) is 9.15 Å². The normalized spacial score (nSPS) is 14.5. The number of hydrogen-bond donors (Lipinski definition) is 1. The summed E-state index contributed by atoms with van der Waals surface area (Å²) in [5, 5.41) is 3.00. The number of nitrogens with one attached hydrogen (secondary N) is 1. The molecule has 2 heterocycles. The van der Waals surface area contributed by atoms with Crippen LogP contribution in [0.25, 0.3) is 0 Å². The van der Waals surface area contributed by atoms with Gasteiger partial charge < -0.3 is 24.3 Å². The molecule has 1 fully saturated rings. The van der Waals surface area contributed by atoms with Gasteiger partial charge in [-0.25, -0.2) is 0 Å². The number of carbonyl (C=O) groups excluding carboxylic acids is 1. The first kappa shape index (κ1) is 20.0. The molecule has 1 amide bonds. The molecule has 1 aliphatic heterocycles. The molecule has 0 aliphatic carbocycles. The summed E-state index contributed by atoms with van der Waals surface area (Å²) in [5.41, 5.74) is 3.01. The van der Waals surface area contributed by atoms with Crippen molar-refractivity contribution < 1.29 is 13.9 Å². The molecule has 1 aromatic heterocycles. The maximum atomic E-state index is 12.8. The van der Waals surface area contributed by atoms with Gasteiger partial charge in [-0.15, -0.1) is 0 Å². The van der Waals surface area contributed by atoms with E-state index in [9.17, 15) is 4.79 Å². The van der Waals surface area contributed by atoms with Crippen LogP contribution in [0.2, 0.25) is 0 Å². The smallest absolute Gasteiger partial charge is 0.287 e. The lowest BCUT2D eigenvalue weighted by Gasteiger charge is -2.35. The Hall–Kier alpha value is -3.25. The maximum absolute atomic E-state index is 12.8. The zero-order valence-corrected chi connectivity index (χ0v) is 17.2. The lowest BCUT2D eigenvalue weighted by Crippen LogP contribution is -2.45. The van der Waals surface area contributed by atoms with Crippen molar-refractivity contribution >= 4 is 11.6 Å².